The number of hydrogen-bond donors (Lipinski definition) is 0. The Kier molecular flexibility index (Phi) is 5.74. The zero-order chi connectivity index (χ0) is 18.3. The number of pyridine rings is 1. The van der Waals surface area contributed by atoms with Crippen LogP contribution in [0.2, 0.25) is 0 Å². The molecule has 1 aliphatic heterocycles. The molecule has 6 heteroatoms. The van der Waals surface area contributed by atoms with E-state index in [0.29, 0.717) is 5.89 Å². The molecule has 0 atom stereocenters. The molecular weight excluding hydrogens is 340 g/mol. The van der Waals surface area contributed by atoms with E-state index in [9.17, 15) is 0 Å². The number of hydrogen-bond acceptors (Lipinski definition) is 6. The average Bonchev–Trinajstić information content (AvgIpc) is 3.02. The van der Waals surface area contributed by atoms with Gasteiger partial charge in [-0.2, -0.15) is 4.98 Å². The molecule has 1 aliphatic rings. The number of ether oxygens (including phenoxy) is 1. The Morgan fingerprint density at radius 2 is 1.89 bits per heavy atom. The van der Waals surface area contributed by atoms with Gasteiger partial charge in [0, 0.05) is 32.3 Å². The molecule has 0 N–H and O–H groups in total. The zero-order valence-electron chi connectivity index (χ0n) is 15.4. The van der Waals surface area contributed by atoms with E-state index in [1.807, 2.05) is 24.4 Å². The molecule has 2 aromatic heterocycles. The largest absolute Gasteiger partial charge is 0.380 e. The monoisotopic (exact) mass is 364 g/mol. The first kappa shape index (κ1) is 17.7. The Hall–Kier alpha value is -2.73. The molecule has 0 amide bonds. The first-order chi connectivity index (χ1) is 13.4. The molecule has 0 bridgehead atoms. The fourth-order valence-corrected chi connectivity index (χ4v) is 3.24. The quantitative estimate of drug-likeness (QED) is 0.667. The highest BCUT2D eigenvalue weighted by molar-refractivity contribution is 5.54. The first-order valence-electron chi connectivity index (χ1n) is 9.54. The highest BCUT2D eigenvalue weighted by atomic mass is 16.5. The lowest BCUT2D eigenvalue weighted by molar-refractivity contribution is 0.152. The maximum atomic E-state index is 5.50. The fourth-order valence-electron chi connectivity index (χ4n) is 3.24. The van der Waals surface area contributed by atoms with Crippen LogP contribution in [0, 0.1) is 0 Å². The van der Waals surface area contributed by atoms with Gasteiger partial charge in [-0.25, -0.2) is 4.98 Å². The Balaban J connectivity index is 1.35. The summed E-state index contributed by atoms with van der Waals surface area (Å²) in [5.41, 5.74) is 2.19. The van der Waals surface area contributed by atoms with Crippen molar-refractivity contribution in [2.75, 3.05) is 31.2 Å². The average molecular weight is 364 g/mol. The summed E-state index contributed by atoms with van der Waals surface area (Å²) in [6.07, 6.45) is 5.65. The SMILES string of the molecule is c1ccc(CCCc2noc(-c3ccc(N4CCCOCC4)nc3)n2)cc1. The molecule has 6 nitrogen and oxygen atoms in total. The summed E-state index contributed by atoms with van der Waals surface area (Å²) in [6.45, 7) is 3.42. The third kappa shape index (κ3) is 4.71. The molecule has 1 aromatic carbocycles. The van der Waals surface area contributed by atoms with Crippen LogP contribution in [0.1, 0.15) is 24.2 Å². The molecule has 0 spiro atoms. The van der Waals surface area contributed by atoms with Crippen molar-refractivity contribution in [3.8, 4) is 11.5 Å². The minimum Gasteiger partial charge on any atom is -0.380 e. The summed E-state index contributed by atoms with van der Waals surface area (Å²) in [5.74, 6) is 2.24. The van der Waals surface area contributed by atoms with E-state index in [4.69, 9.17) is 9.26 Å². The second-order valence-corrected chi connectivity index (χ2v) is 6.71. The molecule has 3 heterocycles. The lowest BCUT2D eigenvalue weighted by Crippen LogP contribution is -2.26. The Morgan fingerprint density at radius 1 is 0.963 bits per heavy atom. The summed E-state index contributed by atoms with van der Waals surface area (Å²) >= 11 is 0. The second kappa shape index (κ2) is 8.77. The highest BCUT2D eigenvalue weighted by Crippen LogP contribution is 2.20. The van der Waals surface area contributed by atoms with Gasteiger partial charge < -0.3 is 14.2 Å². The summed E-state index contributed by atoms with van der Waals surface area (Å²) in [7, 11) is 0. The lowest BCUT2D eigenvalue weighted by atomic mass is 10.1. The molecule has 4 rings (SSSR count). The van der Waals surface area contributed by atoms with Gasteiger partial charge in [-0.3, -0.25) is 0 Å². The predicted molar refractivity (Wildman–Crippen MR) is 104 cm³/mol. The third-order valence-corrected chi connectivity index (χ3v) is 4.72. The van der Waals surface area contributed by atoms with Crippen LogP contribution in [0.4, 0.5) is 5.82 Å². The van der Waals surface area contributed by atoms with Gasteiger partial charge in [0.15, 0.2) is 5.82 Å². The summed E-state index contributed by atoms with van der Waals surface area (Å²) in [5, 5.41) is 4.11. The topological polar surface area (TPSA) is 64.3 Å². The molecular formula is C21H24N4O2. The van der Waals surface area contributed by atoms with Crippen LogP contribution in [0.3, 0.4) is 0 Å². The molecule has 27 heavy (non-hydrogen) atoms. The van der Waals surface area contributed by atoms with Gasteiger partial charge >= 0.3 is 0 Å². The maximum absolute atomic E-state index is 5.50. The van der Waals surface area contributed by atoms with E-state index in [2.05, 4.69) is 44.3 Å². The van der Waals surface area contributed by atoms with E-state index in [1.165, 1.54) is 5.56 Å². The van der Waals surface area contributed by atoms with Gasteiger partial charge in [-0.05, 0) is 37.0 Å². The van der Waals surface area contributed by atoms with Gasteiger partial charge in [-0.1, -0.05) is 35.5 Å². The minimum absolute atomic E-state index is 0.531. The van der Waals surface area contributed by atoms with E-state index < -0.39 is 0 Å². The molecule has 1 saturated heterocycles. The fraction of sp³-hybridized carbons (Fsp3) is 0.381. The van der Waals surface area contributed by atoms with Crippen molar-refractivity contribution in [2.24, 2.45) is 0 Å². The van der Waals surface area contributed by atoms with Crippen LogP contribution in [0.5, 0.6) is 0 Å². The van der Waals surface area contributed by atoms with Gasteiger partial charge in [0.25, 0.3) is 5.89 Å². The highest BCUT2D eigenvalue weighted by Gasteiger charge is 2.13. The van der Waals surface area contributed by atoms with Crippen LogP contribution >= 0.6 is 0 Å². The number of aromatic nitrogens is 3. The van der Waals surface area contributed by atoms with Crippen LogP contribution < -0.4 is 4.90 Å². The van der Waals surface area contributed by atoms with Crippen LogP contribution in [-0.4, -0.2) is 41.4 Å². The van der Waals surface area contributed by atoms with Gasteiger partial charge in [0.2, 0.25) is 0 Å². The van der Waals surface area contributed by atoms with E-state index in [0.717, 1.165) is 69.2 Å². The number of rotatable bonds is 6. The zero-order valence-corrected chi connectivity index (χ0v) is 15.4. The van der Waals surface area contributed by atoms with Crippen molar-refractivity contribution < 1.29 is 9.26 Å². The van der Waals surface area contributed by atoms with Gasteiger partial charge in [0.05, 0.1) is 12.2 Å². The second-order valence-electron chi connectivity index (χ2n) is 6.71. The number of aryl methyl sites for hydroxylation is 2. The van der Waals surface area contributed by atoms with E-state index >= 15 is 0 Å². The normalized spacial score (nSPS) is 14.9. The smallest absolute Gasteiger partial charge is 0.259 e. The van der Waals surface area contributed by atoms with E-state index in [1.54, 1.807) is 0 Å². The van der Waals surface area contributed by atoms with Gasteiger partial charge in [-0.15, -0.1) is 0 Å². The van der Waals surface area contributed by atoms with Crippen LogP contribution in [0.15, 0.2) is 53.2 Å². The molecule has 0 aliphatic carbocycles. The third-order valence-electron chi connectivity index (χ3n) is 4.72. The van der Waals surface area contributed by atoms with Crippen molar-refractivity contribution >= 4 is 5.82 Å². The number of nitrogens with zero attached hydrogens (tertiary/aromatic N) is 4. The molecule has 1 fully saturated rings. The van der Waals surface area contributed by atoms with Crippen LogP contribution in [-0.2, 0) is 17.6 Å². The van der Waals surface area contributed by atoms with Crippen molar-refractivity contribution in [3.63, 3.8) is 0 Å². The Bertz CT molecular complexity index is 825. The van der Waals surface area contributed by atoms with Crippen molar-refractivity contribution in [3.05, 3.63) is 60.0 Å². The lowest BCUT2D eigenvalue weighted by Gasteiger charge is -2.20. The standard InChI is InChI=1S/C21H24N4O2/c1-2-6-17(7-3-1)8-4-9-19-23-21(27-24-19)18-10-11-20(22-16-18)25-12-5-14-26-15-13-25/h1-3,6-7,10-11,16H,4-5,8-9,12-15H2. The number of anilines is 1. The Labute approximate surface area is 159 Å². The van der Waals surface area contributed by atoms with Crippen molar-refractivity contribution in [2.45, 2.75) is 25.7 Å². The summed E-state index contributed by atoms with van der Waals surface area (Å²) in [4.78, 5) is 11.3. The minimum atomic E-state index is 0.531. The van der Waals surface area contributed by atoms with Crippen molar-refractivity contribution in [1.29, 1.82) is 0 Å². The number of benzene rings is 1. The molecule has 0 saturated carbocycles. The first-order valence-corrected chi connectivity index (χ1v) is 9.54. The summed E-state index contributed by atoms with van der Waals surface area (Å²) in [6, 6.07) is 14.5. The van der Waals surface area contributed by atoms with E-state index in [-0.39, 0.29) is 0 Å². The van der Waals surface area contributed by atoms with Crippen LogP contribution in [0.25, 0.3) is 11.5 Å². The maximum Gasteiger partial charge on any atom is 0.259 e. The Morgan fingerprint density at radius 3 is 2.74 bits per heavy atom. The molecule has 0 radical (unpaired) electrons. The molecule has 0 unspecified atom stereocenters. The molecule has 3 aromatic rings. The van der Waals surface area contributed by atoms with Crippen molar-refractivity contribution in [1.82, 2.24) is 15.1 Å². The van der Waals surface area contributed by atoms with Gasteiger partial charge in [0.1, 0.15) is 5.82 Å². The predicted octanol–water partition coefficient (Wildman–Crippen LogP) is 3.53. The molecule has 140 valence electrons. The summed E-state index contributed by atoms with van der Waals surface area (Å²) < 4.78 is 10.9.